The summed E-state index contributed by atoms with van der Waals surface area (Å²) >= 11 is 5.89. The van der Waals surface area contributed by atoms with Crippen LogP contribution in [0.1, 0.15) is 19.4 Å². The quantitative estimate of drug-likeness (QED) is 0.805. The average molecular weight is 349 g/mol. The first-order chi connectivity index (χ1) is 11.2. The highest BCUT2D eigenvalue weighted by Crippen LogP contribution is 2.25. The lowest BCUT2D eigenvalue weighted by Gasteiger charge is -2.23. The number of carbonyl (C=O) groups is 2. The molecule has 0 aliphatic heterocycles. The van der Waals surface area contributed by atoms with Crippen molar-refractivity contribution in [2.75, 3.05) is 10.6 Å². The predicted molar refractivity (Wildman–Crippen MR) is 93.6 cm³/mol. The van der Waals surface area contributed by atoms with E-state index < -0.39 is 23.0 Å². The molecular formula is C18H18ClFN2O2. The summed E-state index contributed by atoms with van der Waals surface area (Å²) in [5.74, 6) is -1.66. The van der Waals surface area contributed by atoms with Gasteiger partial charge in [0.25, 0.3) is 0 Å². The van der Waals surface area contributed by atoms with Gasteiger partial charge in [-0.05, 0) is 56.7 Å². The van der Waals surface area contributed by atoms with Crippen LogP contribution in [0.2, 0.25) is 5.02 Å². The van der Waals surface area contributed by atoms with Gasteiger partial charge in [-0.25, -0.2) is 4.39 Å². The maximum absolute atomic E-state index is 13.6. The lowest BCUT2D eigenvalue weighted by atomic mass is 9.90. The molecule has 0 aromatic heterocycles. The van der Waals surface area contributed by atoms with Crippen molar-refractivity contribution in [1.29, 1.82) is 0 Å². The van der Waals surface area contributed by atoms with Crippen LogP contribution in [0.4, 0.5) is 15.8 Å². The molecule has 2 aromatic rings. The molecule has 2 N–H and O–H groups in total. The molecule has 0 spiro atoms. The number of para-hydroxylation sites is 1. The highest BCUT2D eigenvalue weighted by molar-refractivity contribution is 6.30. The number of hydrogen-bond acceptors (Lipinski definition) is 2. The monoisotopic (exact) mass is 348 g/mol. The molecule has 2 aromatic carbocycles. The maximum atomic E-state index is 13.6. The summed E-state index contributed by atoms with van der Waals surface area (Å²) < 4.78 is 13.6. The van der Waals surface area contributed by atoms with E-state index in [1.807, 2.05) is 0 Å². The summed E-state index contributed by atoms with van der Waals surface area (Å²) in [4.78, 5) is 24.9. The Kier molecular flexibility index (Phi) is 5.24. The molecule has 24 heavy (non-hydrogen) atoms. The third kappa shape index (κ3) is 3.92. The van der Waals surface area contributed by atoms with E-state index >= 15 is 0 Å². The van der Waals surface area contributed by atoms with E-state index in [-0.39, 0.29) is 5.69 Å². The van der Waals surface area contributed by atoms with Crippen molar-refractivity contribution in [3.05, 3.63) is 58.9 Å². The average Bonchev–Trinajstić information content (AvgIpc) is 2.52. The van der Waals surface area contributed by atoms with Crippen molar-refractivity contribution >= 4 is 34.8 Å². The van der Waals surface area contributed by atoms with Gasteiger partial charge >= 0.3 is 0 Å². The van der Waals surface area contributed by atoms with Gasteiger partial charge in [0, 0.05) is 10.7 Å². The van der Waals surface area contributed by atoms with Crippen molar-refractivity contribution in [2.24, 2.45) is 5.41 Å². The van der Waals surface area contributed by atoms with Crippen LogP contribution < -0.4 is 10.6 Å². The zero-order valence-corrected chi connectivity index (χ0v) is 14.4. The topological polar surface area (TPSA) is 58.2 Å². The molecule has 0 fully saturated rings. The van der Waals surface area contributed by atoms with Gasteiger partial charge in [-0.2, -0.15) is 0 Å². The third-order valence-corrected chi connectivity index (χ3v) is 3.93. The molecule has 0 saturated carbocycles. The fourth-order valence-electron chi connectivity index (χ4n) is 1.99. The molecule has 0 bridgehead atoms. The molecule has 2 rings (SSSR count). The highest BCUT2D eigenvalue weighted by atomic mass is 35.5. The van der Waals surface area contributed by atoms with Gasteiger partial charge in [0.1, 0.15) is 11.2 Å². The zero-order chi connectivity index (χ0) is 17.9. The second-order valence-electron chi connectivity index (χ2n) is 5.97. The van der Waals surface area contributed by atoms with Crippen molar-refractivity contribution in [2.45, 2.75) is 20.8 Å². The number of hydrogen-bond donors (Lipinski definition) is 2. The summed E-state index contributed by atoms with van der Waals surface area (Å²) in [5.41, 5.74) is -0.0164. The van der Waals surface area contributed by atoms with E-state index in [0.717, 1.165) is 5.56 Å². The Balaban J connectivity index is 2.14. The number of aryl methyl sites for hydroxylation is 1. The molecule has 0 radical (unpaired) electrons. The second-order valence-corrected chi connectivity index (χ2v) is 6.41. The Bertz CT molecular complexity index is 790. The molecule has 0 saturated heterocycles. The molecule has 126 valence electrons. The Morgan fingerprint density at radius 3 is 2.17 bits per heavy atom. The normalized spacial score (nSPS) is 11.0. The SMILES string of the molecule is Cc1cc(Cl)ccc1NC(=O)C(C)(C)C(=O)Nc1ccccc1F. The van der Waals surface area contributed by atoms with Crippen LogP contribution >= 0.6 is 11.6 Å². The van der Waals surface area contributed by atoms with E-state index in [9.17, 15) is 14.0 Å². The second kappa shape index (κ2) is 7.01. The van der Waals surface area contributed by atoms with E-state index in [0.29, 0.717) is 10.7 Å². The summed E-state index contributed by atoms with van der Waals surface area (Å²) in [6.07, 6.45) is 0. The number of halogens is 2. The number of nitrogens with one attached hydrogen (secondary N) is 2. The highest BCUT2D eigenvalue weighted by Gasteiger charge is 2.36. The molecule has 0 unspecified atom stereocenters. The minimum atomic E-state index is -1.39. The molecular weight excluding hydrogens is 331 g/mol. The van der Waals surface area contributed by atoms with E-state index in [4.69, 9.17) is 11.6 Å². The van der Waals surface area contributed by atoms with Crippen LogP contribution in [0.25, 0.3) is 0 Å². The standard InChI is InChI=1S/C18H18ClFN2O2/c1-11-10-12(19)8-9-14(11)21-16(23)18(2,3)17(24)22-15-7-5-4-6-13(15)20/h4-10H,1-3H3,(H,21,23)(H,22,24). The van der Waals surface area contributed by atoms with Gasteiger partial charge in [-0.1, -0.05) is 23.7 Å². The number of amides is 2. The molecule has 0 heterocycles. The van der Waals surface area contributed by atoms with Gasteiger partial charge in [0.05, 0.1) is 5.69 Å². The van der Waals surface area contributed by atoms with Crippen LogP contribution in [0.15, 0.2) is 42.5 Å². The molecule has 2 amide bonds. The van der Waals surface area contributed by atoms with Crippen molar-refractivity contribution < 1.29 is 14.0 Å². The summed E-state index contributed by atoms with van der Waals surface area (Å²) in [7, 11) is 0. The van der Waals surface area contributed by atoms with Crippen LogP contribution in [-0.4, -0.2) is 11.8 Å². The predicted octanol–water partition coefficient (Wildman–Crippen LogP) is 4.39. The Labute approximate surface area is 145 Å². The Morgan fingerprint density at radius 2 is 1.58 bits per heavy atom. The van der Waals surface area contributed by atoms with Crippen molar-refractivity contribution in [3.63, 3.8) is 0 Å². The molecule has 0 aliphatic rings. The van der Waals surface area contributed by atoms with Gasteiger partial charge in [0.15, 0.2) is 0 Å². The van der Waals surface area contributed by atoms with Crippen LogP contribution in [0, 0.1) is 18.2 Å². The van der Waals surface area contributed by atoms with Crippen LogP contribution in [0.3, 0.4) is 0 Å². The molecule has 0 aliphatic carbocycles. The van der Waals surface area contributed by atoms with Crippen molar-refractivity contribution in [3.8, 4) is 0 Å². The summed E-state index contributed by atoms with van der Waals surface area (Å²) in [5, 5.41) is 5.71. The van der Waals surface area contributed by atoms with E-state index in [1.54, 1.807) is 31.2 Å². The number of anilines is 2. The molecule has 0 atom stereocenters. The summed E-state index contributed by atoms with van der Waals surface area (Å²) in [6.45, 7) is 4.75. The Morgan fingerprint density at radius 1 is 1.00 bits per heavy atom. The zero-order valence-electron chi connectivity index (χ0n) is 13.6. The lowest BCUT2D eigenvalue weighted by Crippen LogP contribution is -2.41. The minimum absolute atomic E-state index is 0.0334. The summed E-state index contributed by atoms with van der Waals surface area (Å²) in [6, 6.07) is 10.8. The smallest absolute Gasteiger partial charge is 0.239 e. The largest absolute Gasteiger partial charge is 0.325 e. The Hall–Kier alpha value is -2.40. The van der Waals surface area contributed by atoms with Gasteiger partial charge in [-0.3, -0.25) is 9.59 Å². The maximum Gasteiger partial charge on any atom is 0.239 e. The van der Waals surface area contributed by atoms with Crippen LogP contribution in [-0.2, 0) is 9.59 Å². The molecule has 6 heteroatoms. The van der Waals surface area contributed by atoms with E-state index in [1.165, 1.54) is 32.0 Å². The van der Waals surface area contributed by atoms with Crippen molar-refractivity contribution in [1.82, 2.24) is 0 Å². The number of benzene rings is 2. The van der Waals surface area contributed by atoms with E-state index in [2.05, 4.69) is 10.6 Å². The number of rotatable bonds is 4. The third-order valence-electron chi connectivity index (χ3n) is 3.69. The van der Waals surface area contributed by atoms with Gasteiger partial charge < -0.3 is 10.6 Å². The lowest BCUT2D eigenvalue weighted by molar-refractivity contribution is -0.135. The first kappa shape index (κ1) is 17.9. The fourth-order valence-corrected chi connectivity index (χ4v) is 2.22. The minimum Gasteiger partial charge on any atom is -0.325 e. The van der Waals surface area contributed by atoms with Crippen LogP contribution in [0.5, 0.6) is 0 Å². The fraction of sp³-hybridized carbons (Fsp3) is 0.222. The van der Waals surface area contributed by atoms with Gasteiger partial charge in [0.2, 0.25) is 11.8 Å². The molecule has 4 nitrogen and oxygen atoms in total. The number of carbonyl (C=O) groups excluding carboxylic acids is 2. The first-order valence-corrected chi connectivity index (χ1v) is 7.73. The van der Waals surface area contributed by atoms with Gasteiger partial charge in [-0.15, -0.1) is 0 Å². The first-order valence-electron chi connectivity index (χ1n) is 7.35.